The van der Waals surface area contributed by atoms with Gasteiger partial charge >= 0.3 is 0 Å². The van der Waals surface area contributed by atoms with E-state index in [4.69, 9.17) is 9.47 Å². The summed E-state index contributed by atoms with van der Waals surface area (Å²) in [5, 5.41) is 7.58. The molecular weight excluding hydrogens is 410 g/mol. The number of fused-ring (bicyclic) bond motifs is 1. The zero-order valence-corrected chi connectivity index (χ0v) is 17.9. The second kappa shape index (κ2) is 8.33. The van der Waals surface area contributed by atoms with Gasteiger partial charge in [-0.25, -0.2) is 0 Å². The summed E-state index contributed by atoms with van der Waals surface area (Å²) < 4.78 is 14.0. The largest absolute Gasteiger partial charge is 0.486 e. The van der Waals surface area contributed by atoms with Crippen molar-refractivity contribution in [3.05, 3.63) is 33.6 Å². The Hall–Kier alpha value is -2.02. The van der Waals surface area contributed by atoms with Crippen molar-refractivity contribution in [3.8, 4) is 11.5 Å². The summed E-state index contributed by atoms with van der Waals surface area (Å²) >= 11 is 3.49. The summed E-state index contributed by atoms with van der Waals surface area (Å²) in [6, 6.07) is 3.63. The molecule has 0 aliphatic carbocycles. The van der Waals surface area contributed by atoms with E-state index in [9.17, 15) is 4.79 Å². The highest BCUT2D eigenvalue weighted by Crippen LogP contribution is 2.38. The van der Waals surface area contributed by atoms with Gasteiger partial charge in [-0.15, -0.1) is 0 Å². The number of nitrogens with zero attached hydrogens (tertiary/aromatic N) is 2. The third kappa shape index (κ3) is 4.64. The summed E-state index contributed by atoms with van der Waals surface area (Å²) in [5.74, 6) is 1.84. The molecule has 27 heavy (non-hydrogen) atoms. The van der Waals surface area contributed by atoms with E-state index in [1.807, 2.05) is 17.7 Å². The molecule has 2 heterocycles. The third-order valence-corrected chi connectivity index (χ3v) is 5.23. The van der Waals surface area contributed by atoms with Crippen LogP contribution in [-0.4, -0.2) is 28.9 Å². The lowest BCUT2D eigenvalue weighted by Crippen LogP contribution is -2.17. The number of amides is 1. The highest BCUT2D eigenvalue weighted by atomic mass is 79.9. The highest BCUT2D eigenvalue weighted by molar-refractivity contribution is 9.10. The summed E-state index contributed by atoms with van der Waals surface area (Å²) in [6.07, 6.45) is 1.07. The molecule has 0 radical (unpaired) electrons. The van der Waals surface area contributed by atoms with Crippen molar-refractivity contribution in [2.45, 2.75) is 47.1 Å². The second-order valence-corrected chi connectivity index (χ2v) is 8.10. The molecule has 1 aliphatic heterocycles. The minimum absolute atomic E-state index is 0.0391. The minimum Gasteiger partial charge on any atom is -0.486 e. The van der Waals surface area contributed by atoms with E-state index in [1.54, 1.807) is 6.07 Å². The predicted molar refractivity (Wildman–Crippen MR) is 109 cm³/mol. The van der Waals surface area contributed by atoms with Gasteiger partial charge in [0.2, 0.25) is 5.91 Å². The molecule has 0 unspecified atom stereocenters. The molecule has 0 saturated carbocycles. The lowest BCUT2D eigenvalue weighted by atomic mass is 10.1. The first-order valence-corrected chi connectivity index (χ1v) is 10.1. The smallest absolute Gasteiger partial charge is 0.224 e. The average Bonchev–Trinajstić information content (AvgIpc) is 2.86. The van der Waals surface area contributed by atoms with Crippen molar-refractivity contribution in [1.82, 2.24) is 9.78 Å². The van der Waals surface area contributed by atoms with Gasteiger partial charge in [-0.05, 0) is 47.7 Å². The Kier molecular flexibility index (Phi) is 6.09. The van der Waals surface area contributed by atoms with Crippen molar-refractivity contribution >= 4 is 27.5 Å². The molecule has 6 nitrogen and oxygen atoms in total. The lowest BCUT2D eigenvalue weighted by Gasteiger charge is -2.20. The van der Waals surface area contributed by atoms with Gasteiger partial charge in [0.05, 0.1) is 11.4 Å². The van der Waals surface area contributed by atoms with Crippen LogP contribution in [0.4, 0.5) is 5.69 Å². The normalized spacial score (nSPS) is 13.1. The first-order chi connectivity index (χ1) is 12.8. The quantitative estimate of drug-likeness (QED) is 0.735. The lowest BCUT2D eigenvalue weighted by molar-refractivity contribution is -0.116. The van der Waals surface area contributed by atoms with Crippen LogP contribution in [0.1, 0.15) is 37.2 Å². The van der Waals surface area contributed by atoms with Crippen LogP contribution in [0.2, 0.25) is 0 Å². The Morgan fingerprint density at radius 3 is 2.59 bits per heavy atom. The number of aromatic nitrogens is 2. The topological polar surface area (TPSA) is 65.4 Å². The first-order valence-electron chi connectivity index (χ1n) is 9.27. The van der Waals surface area contributed by atoms with Crippen LogP contribution in [0.5, 0.6) is 11.5 Å². The van der Waals surface area contributed by atoms with Crippen molar-refractivity contribution in [3.63, 3.8) is 0 Å². The maximum Gasteiger partial charge on any atom is 0.224 e. The van der Waals surface area contributed by atoms with Crippen LogP contribution in [0.3, 0.4) is 0 Å². The monoisotopic (exact) mass is 435 g/mol. The van der Waals surface area contributed by atoms with Crippen molar-refractivity contribution in [1.29, 1.82) is 0 Å². The molecule has 0 saturated heterocycles. The molecule has 1 aliphatic rings. The molecule has 1 amide bonds. The zero-order chi connectivity index (χ0) is 19.6. The number of carbonyl (C=O) groups is 1. The fraction of sp³-hybridized carbons (Fsp3) is 0.500. The first kappa shape index (κ1) is 19.7. The number of carbonyl (C=O) groups excluding carboxylic acids is 1. The standard InChI is InChI=1S/C20H26BrN3O3/c1-12(2)11-24-14(4)15(13(3)23-24)5-6-20(25)22-17-10-19-18(9-16(17)21)26-7-8-27-19/h9-10,12H,5-8,11H2,1-4H3,(H,22,25). The minimum atomic E-state index is -0.0391. The van der Waals surface area contributed by atoms with E-state index in [2.05, 4.69) is 47.1 Å². The van der Waals surface area contributed by atoms with Gasteiger partial charge in [-0.1, -0.05) is 13.8 Å². The molecule has 0 spiro atoms. The Morgan fingerprint density at radius 1 is 1.26 bits per heavy atom. The Labute approximate surface area is 168 Å². The van der Waals surface area contributed by atoms with Crippen LogP contribution in [0, 0.1) is 19.8 Å². The van der Waals surface area contributed by atoms with Crippen LogP contribution < -0.4 is 14.8 Å². The van der Waals surface area contributed by atoms with Crippen LogP contribution in [-0.2, 0) is 17.8 Å². The molecule has 7 heteroatoms. The maximum absolute atomic E-state index is 12.5. The van der Waals surface area contributed by atoms with Gasteiger partial charge in [0, 0.05) is 35.3 Å². The number of hydrogen-bond acceptors (Lipinski definition) is 4. The number of benzene rings is 1. The molecule has 1 aromatic carbocycles. The third-order valence-electron chi connectivity index (χ3n) is 4.58. The Balaban J connectivity index is 1.65. The zero-order valence-electron chi connectivity index (χ0n) is 16.3. The van der Waals surface area contributed by atoms with Crippen molar-refractivity contribution in [2.24, 2.45) is 5.92 Å². The predicted octanol–water partition coefficient (Wildman–Crippen LogP) is 4.26. The number of aryl methyl sites for hydroxylation is 1. The number of hydrogen-bond donors (Lipinski definition) is 1. The van der Waals surface area contributed by atoms with Gasteiger partial charge in [-0.3, -0.25) is 9.48 Å². The molecular formula is C20H26BrN3O3. The highest BCUT2D eigenvalue weighted by Gasteiger charge is 2.17. The molecule has 1 aromatic heterocycles. The molecule has 1 N–H and O–H groups in total. The molecule has 146 valence electrons. The Bertz CT molecular complexity index is 845. The fourth-order valence-corrected chi connectivity index (χ4v) is 3.65. The number of anilines is 1. The average molecular weight is 436 g/mol. The van der Waals surface area contributed by atoms with Crippen LogP contribution in [0.15, 0.2) is 16.6 Å². The maximum atomic E-state index is 12.5. The molecule has 3 rings (SSSR count). The van der Waals surface area contributed by atoms with E-state index >= 15 is 0 Å². The van der Waals surface area contributed by atoms with Gasteiger partial charge in [0.15, 0.2) is 11.5 Å². The number of nitrogens with one attached hydrogen (secondary N) is 1. The second-order valence-electron chi connectivity index (χ2n) is 7.25. The van der Waals surface area contributed by atoms with Gasteiger partial charge in [0.25, 0.3) is 0 Å². The number of rotatable bonds is 6. The SMILES string of the molecule is Cc1nn(CC(C)C)c(C)c1CCC(=O)Nc1cc2c(cc1Br)OCCO2. The fourth-order valence-electron chi connectivity index (χ4n) is 3.23. The van der Waals surface area contributed by atoms with E-state index in [0.717, 1.165) is 28.0 Å². The summed E-state index contributed by atoms with van der Waals surface area (Å²) in [7, 11) is 0. The van der Waals surface area contributed by atoms with E-state index in [-0.39, 0.29) is 5.91 Å². The van der Waals surface area contributed by atoms with Crippen molar-refractivity contribution < 1.29 is 14.3 Å². The number of halogens is 1. The summed E-state index contributed by atoms with van der Waals surface area (Å²) in [6.45, 7) is 10.4. The number of ether oxygens (including phenoxy) is 2. The van der Waals surface area contributed by atoms with Gasteiger partial charge in [0.1, 0.15) is 13.2 Å². The van der Waals surface area contributed by atoms with Crippen molar-refractivity contribution in [2.75, 3.05) is 18.5 Å². The molecule has 0 atom stereocenters. The summed E-state index contributed by atoms with van der Waals surface area (Å²) in [5.41, 5.74) is 4.00. The van der Waals surface area contributed by atoms with Gasteiger partial charge < -0.3 is 14.8 Å². The van der Waals surface area contributed by atoms with E-state index < -0.39 is 0 Å². The van der Waals surface area contributed by atoms with Crippen LogP contribution in [0.25, 0.3) is 0 Å². The summed E-state index contributed by atoms with van der Waals surface area (Å²) in [4.78, 5) is 12.5. The van der Waals surface area contributed by atoms with E-state index in [0.29, 0.717) is 49.2 Å². The van der Waals surface area contributed by atoms with Crippen LogP contribution >= 0.6 is 15.9 Å². The molecule has 0 bridgehead atoms. The van der Waals surface area contributed by atoms with E-state index in [1.165, 1.54) is 0 Å². The Morgan fingerprint density at radius 2 is 1.93 bits per heavy atom. The molecule has 0 fully saturated rings. The van der Waals surface area contributed by atoms with Gasteiger partial charge in [-0.2, -0.15) is 5.10 Å². The molecule has 2 aromatic rings.